The minimum absolute atomic E-state index is 0.0821. The molecule has 3 heterocycles. The summed E-state index contributed by atoms with van der Waals surface area (Å²) < 4.78 is 7.77. The topological polar surface area (TPSA) is 76.5 Å². The molecule has 7 nitrogen and oxygen atoms in total. The monoisotopic (exact) mass is 340 g/mol. The van der Waals surface area contributed by atoms with Gasteiger partial charge in [0.1, 0.15) is 5.75 Å². The van der Waals surface area contributed by atoms with Gasteiger partial charge in [-0.25, -0.2) is 0 Å². The van der Waals surface area contributed by atoms with E-state index >= 15 is 0 Å². The third-order valence-corrected chi connectivity index (χ3v) is 4.76. The fraction of sp³-hybridized carbons (Fsp3) is 0.389. The molecular formula is C18H20N4O3. The van der Waals surface area contributed by atoms with Crippen LogP contribution >= 0.6 is 0 Å². The zero-order chi connectivity index (χ0) is 17.6. The molecule has 0 bridgehead atoms. The highest BCUT2D eigenvalue weighted by Gasteiger charge is 2.44. The molecule has 130 valence electrons. The van der Waals surface area contributed by atoms with E-state index in [4.69, 9.17) is 4.74 Å². The Kier molecular flexibility index (Phi) is 3.52. The number of rotatable bonds is 1. The van der Waals surface area contributed by atoms with Crippen molar-refractivity contribution in [3.05, 3.63) is 47.3 Å². The Morgan fingerprint density at radius 3 is 2.92 bits per heavy atom. The summed E-state index contributed by atoms with van der Waals surface area (Å²) in [6.45, 7) is 2.78. The van der Waals surface area contributed by atoms with Crippen molar-refractivity contribution in [3.8, 4) is 5.75 Å². The average Bonchev–Trinajstić information content (AvgIpc) is 2.92. The van der Waals surface area contributed by atoms with E-state index < -0.39 is 5.72 Å². The van der Waals surface area contributed by atoms with Crippen LogP contribution in [-0.4, -0.2) is 45.3 Å². The molecular weight excluding hydrogens is 320 g/mol. The van der Waals surface area contributed by atoms with Crippen molar-refractivity contribution in [1.29, 1.82) is 0 Å². The normalized spacial score (nSPS) is 22.3. The van der Waals surface area contributed by atoms with E-state index in [1.165, 1.54) is 0 Å². The van der Waals surface area contributed by atoms with Crippen LogP contribution in [0.1, 0.15) is 39.3 Å². The summed E-state index contributed by atoms with van der Waals surface area (Å²) in [5.74, 6) is 0.327. The first-order chi connectivity index (χ1) is 12.0. The summed E-state index contributed by atoms with van der Waals surface area (Å²) >= 11 is 0. The van der Waals surface area contributed by atoms with Crippen LogP contribution in [0.4, 0.5) is 0 Å². The van der Waals surface area contributed by atoms with Gasteiger partial charge in [-0.2, -0.15) is 5.10 Å². The van der Waals surface area contributed by atoms with Gasteiger partial charge < -0.3 is 15.0 Å². The molecule has 2 aromatic rings. The molecule has 1 aromatic carbocycles. The van der Waals surface area contributed by atoms with E-state index in [1.807, 2.05) is 19.1 Å². The highest BCUT2D eigenvalue weighted by Crippen LogP contribution is 2.33. The van der Waals surface area contributed by atoms with Crippen LogP contribution in [0.3, 0.4) is 0 Å². The van der Waals surface area contributed by atoms with E-state index in [1.54, 1.807) is 35.0 Å². The Morgan fingerprint density at radius 2 is 2.16 bits per heavy atom. The molecule has 2 aliphatic heterocycles. The molecule has 25 heavy (non-hydrogen) atoms. The van der Waals surface area contributed by atoms with Crippen molar-refractivity contribution in [3.63, 3.8) is 0 Å². The number of carbonyl (C=O) groups is 2. The minimum atomic E-state index is -0.866. The summed E-state index contributed by atoms with van der Waals surface area (Å²) in [5, 5.41) is 7.21. The standard InChI is InChI=1S/C18H20N4O3/c1-12-14(10-21(2)20-12)17(24)22-9-5-8-18(11-22)19-16(23)13-6-3-4-7-15(13)25-18/h3-4,6-7,10H,5,8-9,11H2,1-2H3,(H,19,23)/t18-/m1/s1. The van der Waals surface area contributed by atoms with E-state index in [2.05, 4.69) is 10.4 Å². The SMILES string of the molecule is Cc1nn(C)cc1C(=O)N1CCC[C@@]2(C1)NC(=O)c1ccccc1O2. The lowest BCUT2D eigenvalue weighted by Gasteiger charge is -2.45. The number of likely N-dealkylation sites (tertiary alicyclic amines) is 1. The van der Waals surface area contributed by atoms with Gasteiger partial charge in [0, 0.05) is 26.2 Å². The molecule has 1 fully saturated rings. The van der Waals surface area contributed by atoms with Gasteiger partial charge in [0.25, 0.3) is 11.8 Å². The number of ether oxygens (including phenoxy) is 1. The van der Waals surface area contributed by atoms with Crippen LogP contribution in [0.15, 0.2) is 30.5 Å². The number of piperidine rings is 1. The first-order valence-corrected chi connectivity index (χ1v) is 8.37. The molecule has 0 saturated carbocycles. The Hall–Kier alpha value is -2.83. The van der Waals surface area contributed by atoms with Crippen LogP contribution in [0.5, 0.6) is 5.75 Å². The lowest BCUT2D eigenvalue weighted by atomic mass is 9.97. The number of nitrogens with zero attached hydrogens (tertiary/aromatic N) is 3. The van der Waals surface area contributed by atoms with Gasteiger partial charge in [-0.3, -0.25) is 14.3 Å². The summed E-state index contributed by atoms with van der Waals surface area (Å²) in [6, 6.07) is 7.18. The van der Waals surface area contributed by atoms with Crippen molar-refractivity contribution in [1.82, 2.24) is 20.0 Å². The summed E-state index contributed by atoms with van der Waals surface area (Å²) in [5.41, 5.74) is 0.947. The molecule has 1 N–H and O–H groups in total. The molecule has 4 rings (SSSR count). The fourth-order valence-corrected chi connectivity index (χ4v) is 3.61. The Morgan fingerprint density at radius 1 is 1.36 bits per heavy atom. The maximum absolute atomic E-state index is 12.9. The Balaban J connectivity index is 1.60. The maximum atomic E-state index is 12.9. The number of carbonyl (C=O) groups excluding carboxylic acids is 2. The molecule has 1 spiro atoms. The van der Waals surface area contributed by atoms with Crippen molar-refractivity contribution >= 4 is 11.8 Å². The lowest BCUT2D eigenvalue weighted by molar-refractivity contribution is -0.0314. The maximum Gasteiger partial charge on any atom is 0.258 e. The number of aromatic nitrogens is 2. The first-order valence-electron chi connectivity index (χ1n) is 8.37. The van der Waals surface area contributed by atoms with E-state index in [-0.39, 0.29) is 11.8 Å². The van der Waals surface area contributed by atoms with Crippen LogP contribution < -0.4 is 10.1 Å². The molecule has 1 atom stereocenters. The molecule has 7 heteroatoms. The number of para-hydroxylation sites is 1. The smallest absolute Gasteiger partial charge is 0.258 e. The van der Waals surface area contributed by atoms with E-state index in [0.29, 0.717) is 42.1 Å². The molecule has 0 aliphatic carbocycles. The molecule has 1 aromatic heterocycles. The first kappa shape index (κ1) is 15.7. The molecule has 2 aliphatic rings. The van der Waals surface area contributed by atoms with Crippen molar-refractivity contribution in [2.45, 2.75) is 25.5 Å². The largest absolute Gasteiger partial charge is 0.465 e. The van der Waals surface area contributed by atoms with Gasteiger partial charge >= 0.3 is 0 Å². The summed E-state index contributed by atoms with van der Waals surface area (Å²) in [6.07, 6.45) is 3.16. The summed E-state index contributed by atoms with van der Waals surface area (Å²) in [4.78, 5) is 27.1. The van der Waals surface area contributed by atoms with Gasteiger partial charge in [0.15, 0.2) is 0 Å². The predicted molar refractivity (Wildman–Crippen MR) is 90.3 cm³/mol. The zero-order valence-corrected chi connectivity index (χ0v) is 14.3. The zero-order valence-electron chi connectivity index (χ0n) is 14.3. The number of benzene rings is 1. The Labute approximate surface area is 145 Å². The Bertz CT molecular complexity index is 860. The van der Waals surface area contributed by atoms with E-state index in [0.717, 1.165) is 6.42 Å². The van der Waals surface area contributed by atoms with Crippen molar-refractivity contribution < 1.29 is 14.3 Å². The van der Waals surface area contributed by atoms with E-state index in [9.17, 15) is 9.59 Å². The lowest BCUT2D eigenvalue weighted by Crippen LogP contribution is -2.64. The molecule has 2 amide bonds. The molecule has 1 saturated heterocycles. The number of nitrogens with one attached hydrogen (secondary N) is 1. The minimum Gasteiger partial charge on any atom is -0.465 e. The third-order valence-electron chi connectivity index (χ3n) is 4.76. The second kappa shape index (κ2) is 5.61. The third kappa shape index (κ3) is 2.65. The van der Waals surface area contributed by atoms with Gasteiger partial charge in [0.2, 0.25) is 5.72 Å². The molecule has 0 unspecified atom stereocenters. The number of hydrogen-bond donors (Lipinski definition) is 1. The van der Waals surface area contributed by atoms with Gasteiger partial charge in [-0.15, -0.1) is 0 Å². The van der Waals surface area contributed by atoms with Gasteiger partial charge in [0.05, 0.1) is 23.4 Å². The number of amides is 2. The predicted octanol–water partition coefficient (Wildman–Crippen LogP) is 1.48. The average molecular weight is 340 g/mol. The highest BCUT2D eigenvalue weighted by molar-refractivity contribution is 5.98. The second-order valence-corrected chi connectivity index (χ2v) is 6.68. The van der Waals surface area contributed by atoms with Crippen LogP contribution in [0.2, 0.25) is 0 Å². The number of fused-ring (bicyclic) bond motifs is 1. The van der Waals surface area contributed by atoms with Crippen LogP contribution in [0.25, 0.3) is 0 Å². The quantitative estimate of drug-likeness (QED) is 0.853. The van der Waals surface area contributed by atoms with Crippen molar-refractivity contribution in [2.75, 3.05) is 13.1 Å². The summed E-state index contributed by atoms with van der Waals surface area (Å²) in [7, 11) is 1.79. The van der Waals surface area contributed by atoms with Gasteiger partial charge in [-0.1, -0.05) is 12.1 Å². The fourth-order valence-electron chi connectivity index (χ4n) is 3.61. The second-order valence-electron chi connectivity index (χ2n) is 6.68. The van der Waals surface area contributed by atoms with Gasteiger partial charge in [-0.05, 0) is 25.5 Å². The number of aryl methyl sites for hydroxylation is 2. The molecule has 0 radical (unpaired) electrons. The van der Waals surface area contributed by atoms with Crippen LogP contribution in [0, 0.1) is 6.92 Å². The highest BCUT2D eigenvalue weighted by atomic mass is 16.5. The van der Waals surface area contributed by atoms with Crippen LogP contribution in [-0.2, 0) is 7.05 Å². The number of hydrogen-bond acceptors (Lipinski definition) is 4. The van der Waals surface area contributed by atoms with Crippen molar-refractivity contribution in [2.24, 2.45) is 7.05 Å².